The van der Waals surface area contributed by atoms with E-state index in [1.165, 1.54) is 0 Å². The molecule has 0 spiro atoms. The first-order valence-electron chi connectivity index (χ1n) is 4.69. The van der Waals surface area contributed by atoms with Crippen LogP contribution in [-0.2, 0) is 10.2 Å². The third-order valence-corrected chi connectivity index (χ3v) is 3.58. The lowest BCUT2D eigenvalue weighted by atomic mass is 9.80. The second-order valence-corrected chi connectivity index (χ2v) is 4.43. The number of ether oxygens (including phenoxy) is 2. The molecule has 1 fully saturated rings. The summed E-state index contributed by atoms with van der Waals surface area (Å²) >= 11 is 12.0. The van der Waals surface area contributed by atoms with E-state index >= 15 is 0 Å². The number of rotatable bonds is 3. The molecule has 2 rings (SSSR count). The van der Waals surface area contributed by atoms with Crippen molar-refractivity contribution in [2.24, 2.45) is 0 Å². The van der Waals surface area contributed by atoms with Gasteiger partial charge in [0.1, 0.15) is 5.75 Å². The number of methoxy groups -OCH3 is 1. The number of hydrogen-bond donors (Lipinski definition) is 0. The Balaban J connectivity index is 2.33. The van der Waals surface area contributed by atoms with Crippen LogP contribution < -0.4 is 4.74 Å². The van der Waals surface area contributed by atoms with Gasteiger partial charge in [0, 0.05) is 5.88 Å². The summed E-state index contributed by atoms with van der Waals surface area (Å²) in [7, 11) is 1.60. The van der Waals surface area contributed by atoms with Crippen LogP contribution in [0.25, 0.3) is 0 Å². The van der Waals surface area contributed by atoms with E-state index < -0.39 is 0 Å². The summed E-state index contributed by atoms with van der Waals surface area (Å²) in [6.45, 7) is 1.33. The summed E-state index contributed by atoms with van der Waals surface area (Å²) in [5.74, 6) is 1.24. The summed E-state index contributed by atoms with van der Waals surface area (Å²) in [5, 5.41) is 0.617. The van der Waals surface area contributed by atoms with Crippen molar-refractivity contribution in [3.63, 3.8) is 0 Å². The van der Waals surface area contributed by atoms with Crippen LogP contribution in [-0.4, -0.2) is 26.2 Å². The quantitative estimate of drug-likeness (QED) is 0.764. The standard InChI is InChI=1S/C11H12Cl2O2/c1-14-10-3-2-8(4-9(10)13)11(5-12)6-15-7-11/h2-4H,5-7H2,1H3. The summed E-state index contributed by atoms with van der Waals surface area (Å²) in [5.41, 5.74) is 1.06. The Morgan fingerprint density at radius 3 is 2.60 bits per heavy atom. The average molecular weight is 247 g/mol. The smallest absolute Gasteiger partial charge is 0.137 e. The molecule has 0 N–H and O–H groups in total. The Hall–Kier alpha value is -0.440. The van der Waals surface area contributed by atoms with Gasteiger partial charge in [0.25, 0.3) is 0 Å². The summed E-state index contributed by atoms with van der Waals surface area (Å²) < 4.78 is 10.3. The zero-order valence-electron chi connectivity index (χ0n) is 8.43. The normalized spacial score (nSPS) is 18.3. The molecule has 82 valence electrons. The zero-order valence-corrected chi connectivity index (χ0v) is 9.94. The van der Waals surface area contributed by atoms with E-state index in [0.717, 1.165) is 5.56 Å². The third-order valence-electron chi connectivity index (χ3n) is 2.78. The zero-order chi connectivity index (χ0) is 10.9. The maximum atomic E-state index is 6.06. The Kier molecular flexibility index (Phi) is 3.10. The van der Waals surface area contributed by atoms with E-state index in [2.05, 4.69) is 0 Å². The minimum atomic E-state index is -0.0581. The Bertz CT molecular complexity index is 356. The van der Waals surface area contributed by atoms with Crippen LogP contribution in [0, 0.1) is 0 Å². The van der Waals surface area contributed by atoms with Crippen molar-refractivity contribution in [1.82, 2.24) is 0 Å². The molecular weight excluding hydrogens is 235 g/mol. The van der Waals surface area contributed by atoms with Gasteiger partial charge in [-0.1, -0.05) is 17.7 Å². The van der Waals surface area contributed by atoms with Crippen LogP contribution in [0.1, 0.15) is 5.56 Å². The lowest BCUT2D eigenvalue weighted by Gasteiger charge is -2.40. The molecule has 1 aromatic carbocycles. The van der Waals surface area contributed by atoms with E-state index in [4.69, 9.17) is 32.7 Å². The molecule has 1 heterocycles. The fourth-order valence-electron chi connectivity index (χ4n) is 1.67. The molecule has 0 saturated carbocycles. The first kappa shape index (κ1) is 11.1. The number of benzene rings is 1. The largest absolute Gasteiger partial charge is 0.495 e. The minimum absolute atomic E-state index is 0.0581. The van der Waals surface area contributed by atoms with Gasteiger partial charge in [-0.25, -0.2) is 0 Å². The molecule has 1 saturated heterocycles. The SMILES string of the molecule is COc1ccc(C2(CCl)COC2)cc1Cl. The summed E-state index contributed by atoms with van der Waals surface area (Å²) in [6, 6.07) is 5.77. The fourth-order valence-corrected chi connectivity index (χ4v) is 2.23. The molecular formula is C11H12Cl2O2. The van der Waals surface area contributed by atoms with Crippen molar-refractivity contribution >= 4 is 23.2 Å². The van der Waals surface area contributed by atoms with Gasteiger partial charge in [0.2, 0.25) is 0 Å². The lowest BCUT2D eigenvalue weighted by Crippen LogP contribution is -2.48. The predicted molar refractivity (Wildman–Crippen MR) is 61.2 cm³/mol. The lowest BCUT2D eigenvalue weighted by molar-refractivity contribution is -0.0480. The maximum Gasteiger partial charge on any atom is 0.137 e. The Labute approximate surface area is 99.1 Å². The highest BCUT2D eigenvalue weighted by atomic mass is 35.5. The van der Waals surface area contributed by atoms with Gasteiger partial charge in [0.15, 0.2) is 0 Å². The van der Waals surface area contributed by atoms with Gasteiger partial charge in [0.05, 0.1) is 30.8 Å². The summed E-state index contributed by atoms with van der Waals surface area (Å²) in [4.78, 5) is 0. The van der Waals surface area contributed by atoms with E-state index in [1.54, 1.807) is 7.11 Å². The van der Waals surface area contributed by atoms with Crippen LogP contribution in [0.3, 0.4) is 0 Å². The molecule has 1 aliphatic rings. The van der Waals surface area contributed by atoms with Crippen LogP contribution >= 0.6 is 23.2 Å². The highest BCUT2D eigenvalue weighted by molar-refractivity contribution is 6.32. The van der Waals surface area contributed by atoms with Crippen LogP contribution in [0.15, 0.2) is 18.2 Å². The molecule has 0 unspecified atom stereocenters. The molecule has 2 nitrogen and oxygen atoms in total. The average Bonchev–Trinajstić information content (AvgIpc) is 2.17. The van der Waals surface area contributed by atoms with E-state index in [-0.39, 0.29) is 5.41 Å². The van der Waals surface area contributed by atoms with Gasteiger partial charge in [-0.15, -0.1) is 11.6 Å². The molecule has 0 amide bonds. The highest BCUT2D eigenvalue weighted by Gasteiger charge is 2.39. The van der Waals surface area contributed by atoms with Gasteiger partial charge in [-0.3, -0.25) is 0 Å². The van der Waals surface area contributed by atoms with Gasteiger partial charge in [-0.05, 0) is 17.7 Å². The molecule has 4 heteroatoms. The predicted octanol–water partition coefficient (Wildman–Crippen LogP) is 2.86. The number of hydrogen-bond acceptors (Lipinski definition) is 2. The third kappa shape index (κ3) is 1.82. The molecule has 0 bridgehead atoms. The Morgan fingerprint density at radius 1 is 1.47 bits per heavy atom. The van der Waals surface area contributed by atoms with E-state index in [0.29, 0.717) is 29.9 Å². The molecule has 0 aromatic heterocycles. The second-order valence-electron chi connectivity index (χ2n) is 3.76. The van der Waals surface area contributed by atoms with Crippen molar-refractivity contribution in [2.75, 3.05) is 26.2 Å². The molecule has 1 aromatic rings. The molecule has 0 radical (unpaired) electrons. The second kappa shape index (κ2) is 4.20. The molecule has 1 aliphatic heterocycles. The minimum Gasteiger partial charge on any atom is -0.495 e. The van der Waals surface area contributed by atoms with Crippen LogP contribution in [0.2, 0.25) is 5.02 Å². The number of halogens is 2. The first-order valence-corrected chi connectivity index (χ1v) is 5.61. The van der Waals surface area contributed by atoms with Crippen molar-refractivity contribution in [3.8, 4) is 5.75 Å². The van der Waals surface area contributed by atoms with Crippen molar-refractivity contribution in [1.29, 1.82) is 0 Å². The molecule has 0 atom stereocenters. The van der Waals surface area contributed by atoms with Crippen molar-refractivity contribution in [3.05, 3.63) is 28.8 Å². The first-order chi connectivity index (χ1) is 7.22. The van der Waals surface area contributed by atoms with Gasteiger partial charge in [-0.2, -0.15) is 0 Å². The van der Waals surface area contributed by atoms with E-state index in [1.807, 2.05) is 18.2 Å². The number of alkyl halides is 1. The summed E-state index contributed by atoms with van der Waals surface area (Å²) in [6.07, 6.45) is 0. The maximum absolute atomic E-state index is 6.06. The van der Waals surface area contributed by atoms with Crippen LogP contribution in [0.5, 0.6) is 5.75 Å². The monoisotopic (exact) mass is 246 g/mol. The fraction of sp³-hybridized carbons (Fsp3) is 0.455. The highest BCUT2D eigenvalue weighted by Crippen LogP contribution is 2.37. The van der Waals surface area contributed by atoms with Gasteiger partial charge < -0.3 is 9.47 Å². The van der Waals surface area contributed by atoms with Crippen molar-refractivity contribution in [2.45, 2.75) is 5.41 Å². The topological polar surface area (TPSA) is 18.5 Å². The van der Waals surface area contributed by atoms with Gasteiger partial charge >= 0.3 is 0 Å². The van der Waals surface area contributed by atoms with Crippen molar-refractivity contribution < 1.29 is 9.47 Å². The molecule has 0 aliphatic carbocycles. The van der Waals surface area contributed by atoms with Crippen LogP contribution in [0.4, 0.5) is 0 Å². The Morgan fingerprint density at radius 2 is 2.20 bits per heavy atom. The van der Waals surface area contributed by atoms with E-state index in [9.17, 15) is 0 Å². The molecule has 15 heavy (non-hydrogen) atoms.